The molecule has 1 heterocycles. The Labute approximate surface area is 386 Å². The number of aromatic hydroxyl groups is 1. The summed E-state index contributed by atoms with van der Waals surface area (Å²) in [7, 11) is 0. The van der Waals surface area contributed by atoms with E-state index in [1.54, 1.807) is 6.07 Å². The topological polar surface area (TPSA) is 46.0 Å². The molecule has 2 aliphatic rings. The van der Waals surface area contributed by atoms with E-state index in [1.165, 1.54) is 50.1 Å². The lowest BCUT2D eigenvalue weighted by molar-refractivity contribution is 0.477. The summed E-state index contributed by atoms with van der Waals surface area (Å²) in [5, 5.41) is 10.6. The van der Waals surface area contributed by atoms with Crippen molar-refractivity contribution in [2.24, 2.45) is 0 Å². The molecule has 0 unspecified atom stereocenters. The van der Waals surface area contributed by atoms with Gasteiger partial charge in [0.05, 0.1) is 16.8 Å². The van der Waals surface area contributed by atoms with E-state index >= 15 is 0 Å². The third kappa shape index (κ3) is 6.04. The second kappa shape index (κ2) is 15.3. The Morgan fingerprint density at radius 1 is 0.333 bits per heavy atom. The maximum atomic E-state index is 10.6. The van der Waals surface area contributed by atoms with E-state index in [0.717, 1.165) is 61.5 Å². The molecule has 0 fully saturated rings. The SMILES string of the molecule is Cc1c(-c2ccc(-c3cc(-c4ccc(-c5ccc6c(c5)-c5ccccc5C65c6ccccc6C(C)(C)c6ccccc65)cc4)nc(-c4ccccc4)n3)cc2)cccc1-c1ccccc1O. The van der Waals surface area contributed by atoms with E-state index < -0.39 is 5.41 Å². The molecule has 0 bridgehead atoms. The fraction of sp³-hybridized carbons (Fsp3) is 0.0794. The number of rotatable bonds is 6. The van der Waals surface area contributed by atoms with Crippen LogP contribution in [0.1, 0.15) is 52.8 Å². The van der Waals surface area contributed by atoms with Crippen molar-refractivity contribution in [3.63, 3.8) is 0 Å². The summed E-state index contributed by atoms with van der Waals surface area (Å²) in [5.74, 6) is 0.962. The third-order valence-electron chi connectivity index (χ3n) is 14.3. The highest BCUT2D eigenvalue weighted by atomic mass is 16.3. The van der Waals surface area contributed by atoms with Crippen LogP contribution in [0.2, 0.25) is 0 Å². The lowest BCUT2D eigenvalue weighted by Gasteiger charge is -2.46. The molecule has 12 rings (SSSR count). The largest absolute Gasteiger partial charge is 0.507 e. The molecule has 0 amide bonds. The van der Waals surface area contributed by atoms with Crippen LogP contribution in [0.4, 0.5) is 0 Å². The Morgan fingerprint density at radius 2 is 0.803 bits per heavy atom. The monoisotopic (exact) mass is 846 g/mol. The fourth-order valence-corrected chi connectivity index (χ4v) is 11.1. The normalized spacial score (nSPS) is 13.7. The second-order valence-electron chi connectivity index (χ2n) is 18.3. The molecule has 0 saturated heterocycles. The van der Waals surface area contributed by atoms with Gasteiger partial charge in [-0.25, -0.2) is 9.97 Å². The van der Waals surface area contributed by atoms with Crippen molar-refractivity contribution in [2.45, 2.75) is 31.6 Å². The maximum absolute atomic E-state index is 10.6. The molecule has 3 heteroatoms. The van der Waals surface area contributed by atoms with Gasteiger partial charge in [-0.1, -0.05) is 214 Å². The summed E-state index contributed by atoms with van der Waals surface area (Å²) < 4.78 is 0. The number of phenols is 1. The first-order chi connectivity index (χ1) is 32.3. The summed E-state index contributed by atoms with van der Waals surface area (Å²) in [4.78, 5) is 10.3. The van der Waals surface area contributed by atoms with E-state index in [-0.39, 0.29) is 11.2 Å². The molecule has 1 spiro atoms. The molecule has 9 aromatic carbocycles. The third-order valence-corrected chi connectivity index (χ3v) is 14.3. The van der Waals surface area contributed by atoms with Crippen LogP contribution in [0.15, 0.2) is 218 Å². The Balaban J connectivity index is 0.916. The molecule has 0 saturated carbocycles. The summed E-state index contributed by atoms with van der Waals surface area (Å²) in [5.41, 5.74) is 22.5. The van der Waals surface area contributed by atoms with Gasteiger partial charge in [-0.2, -0.15) is 0 Å². The summed E-state index contributed by atoms with van der Waals surface area (Å²) in [6.45, 7) is 6.86. The molecular weight excluding hydrogens is 801 g/mol. The standard InChI is InChI=1S/C63H46N2O/c1-40-47(20-15-21-48(40)50-19-8-14-27-60(50)66)42-30-34-44(35-31-42)59-39-58(64-61(65-59)45-16-5-4-6-17-45)43-32-28-41(29-33-43)46-36-37-53-51(38-46)49-18-7-9-22-52(49)63(53)56-25-12-10-23-54(56)62(2,3)55-24-11-13-26-57(55)63/h4-39,66H,1-3H3. The quantitative estimate of drug-likeness (QED) is 0.181. The summed E-state index contributed by atoms with van der Waals surface area (Å²) in [6, 6.07) is 77.9. The van der Waals surface area contributed by atoms with Gasteiger partial charge in [0.25, 0.3) is 0 Å². The number of hydrogen-bond donors (Lipinski definition) is 1. The number of hydrogen-bond acceptors (Lipinski definition) is 3. The van der Waals surface area contributed by atoms with Crippen LogP contribution in [0.25, 0.3) is 78.4 Å². The van der Waals surface area contributed by atoms with Crippen molar-refractivity contribution >= 4 is 0 Å². The van der Waals surface area contributed by atoms with E-state index in [9.17, 15) is 5.11 Å². The Hall–Kier alpha value is -8.14. The van der Waals surface area contributed by atoms with Gasteiger partial charge in [-0.3, -0.25) is 0 Å². The number of para-hydroxylation sites is 1. The van der Waals surface area contributed by atoms with E-state index in [1.807, 2.05) is 36.4 Å². The van der Waals surface area contributed by atoms with Gasteiger partial charge in [0, 0.05) is 27.7 Å². The lowest BCUT2D eigenvalue weighted by Crippen LogP contribution is -2.40. The van der Waals surface area contributed by atoms with Gasteiger partial charge in [0.2, 0.25) is 0 Å². The average molecular weight is 847 g/mol. The van der Waals surface area contributed by atoms with Crippen molar-refractivity contribution in [2.75, 3.05) is 0 Å². The number of phenolic OH excluding ortho intramolecular Hbond substituents is 1. The number of aromatic nitrogens is 2. The van der Waals surface area contributed by atoms with Crippen molar-refractivity contribution in [3.8, 4) is 84.2 Å². The van der Waals surface area contributed by atoms with Gasteiger partial charge in [-0.05, 0) is 103 Å². The molecule has 1 N–H and O–H groups in total. The highest BCUT2D eigenvalue weighted by Gasteiger charge is 2.53. The maximum Gasteiger partial charge on any atom is 0.160 e. The van der Waals surface area contributed by atoms with Gasteiger partial charge in [0.1, 0.15) is 5.75 Å². The van der Waals surface area contributed by atoms with Crippen LogP contribution >= 0.6 is 0 Å². The first kappa shape index (κ1) is 39.5. The van der Waals surface area contributed by atoms with Crippen molar-refractivity contribution in [1.82, 2.24) is 9.97 Å². The van der Waals surface area contributed by atoms with Crippen LogP contribution in [0.3, 0.4) is 0 Å². The highest BCUT2D eigenvalue weighted by Crippen LogP contribution is 2.62. The Bertz CT molecular complexity index is 3460. The summed E-state index contributed by atoms with van der Waals surface area (Å²) >= 11 is 0. The van der Waals surface area contributed by atoms with Gasteiger partial charge < -0.3 is 5.11 Å². The number of benzene rings is 9. The van der Waals surface area contributed by atoms with E-state index in [4.69, 9.17) is 9.97 Å². The minimum atomic E-state index is -0.407. The lowest BCUT2D eigenvalue weighted by atomic mass is 9.55. The zero-order valence-corrected chi connectivity index (χ0v) is 37.1. The van der Waals surface area contributed by atoms with Crippen LogP contribution < -0.4 is 0 Å². The molecule has 314 valence electrons. The molecular formula is C63H46N2O. The summed E-state index contributed by atoms with van der Waals surface area (Å²) in [6.07, 6.45) is 0. The molecule has 3 nitrogen and oxygen atoms in total. The number of nitrogens with zero attached hydrogens (tertiary/aromatic N) is 2. The average Bonchev–Trinajstić information content (AvgIpc) is 3.66. The van der Waals surface area contributed by atoms with Crippen molar-refractivity contribution in [1.29, 1.82) is 0 Å². The zero-order chi connectivity index (χ0) is 44.6. The molecule has 0 atom stereocenters. The van der Waals surface area contributed by atoms with Gasteiger partial charge >= 0.3 is 0 Å². The van der Waals surface area contributed by atoms with Crippen molar-refractivity contribution < 1.29 is 5.11 Å². The second-order valence-corrected chi connectivity index (χ2v) is 18.3. The molecule has 0 aliphatic heterocycles. The first-order valence-corrected chi connectivity index (χ1v) is 22.8. The highest BCUT2D eigenvalue weighted by molar-refractivity contribution is 5.91. The van der Waals surface area contributed by atoms with Crippen molar-refractivity contribution in [3.05, 3.63) is 257 Å². The van der Waals surface area contributed by atoms with Crippen LogP contribution in [0.5, 0.6) is 5.75 Å². The molecule has 0 radical (unpaired) electrons. The van der Waals surface area contributed by atoms with Crippen LogP contribution in [-0.4, -0.2) is 15.1 Å². The smallest absolute Gasteiger partial charge is 0.160 e. The zero-order valence-electron chi connectivity index (χ0n) is 37.1. The Kier molecular flexibility index (Phi) is 9.12. The van der Waals surface area contributed by atoms with Crippen LogP contribution in [0, 0.1) is 6.92 Å². The van der Waals surface area contributed by atoms with Gasteiger partial charge in [-0.15, -0.1) is 0 Å². The van der Waals surface area contributed by atoms with Crippen LogP contribution in [-0.2, 0) is 10.8 Å². The Morgan fingerprint density at radius 3 is 1.44 bits per heavy atom. The van der Waals surface area contributed by atoms with E-state index in [0.29, 0.717) is 5.82 Å². The van der Waals surface area contributed by atoms with Gasteiger partial charge in [0.15, 0.2) is 5.82 Å². The molecule has 10 aromatic rings. The minimum absolute atomic E-state index is 0.128. The minimum Gasteiger partial charge on any atom is -0.507 e. The predicted octanol–water partition coefficient (Wildman–Crippen LogP) is 15.5. The fourth-order valence-electron chi connectivity index (χ4n) is 11.1. The molecule has 1 aromatic heterocycles. The number of fused-ring (bicyclic) bond motifs is 9. The molecule has 2 aliphatic carbocycles. The predicted molar refractivity (Wildman–Crippen MR) is 270 cm³/mol. The van der Waals surface area contributed by atoms with E-state index in [2.05, 4.69) is 197 Å². The molecule has 66 heavy (non-hydrogen) atoms. The first-order valence-electron chi connectivity index (χ1n) is 22.8.